The van der Waals surface area contributed by atoms with Crippen LogP contribution in [0, 0.1) is 5.92 Å². The van der Waals surface area contributed by atoms with Crippen LogP contribution in [-0.2, 0) is 23.9 Å². The number of hydrogen-bond acceptors (Lipinski definition) is 5. The van der Waals surface area contributed by atoms with Crippen molar-refractivity contribution in [2.75, 3.05) is 23.3 Å². The second-order valence-electron chi connectivity index (χ2n) is 7.20. The lowest BCUT2D eigenvalue weighted by Gasteiger charge is -2.34. The molecule has 28 heavy (non-hydrogen) atoms. The molecule has 7 nitrogen and oxygen atoms in total. The highest BCUT2D eigenvalue weighted by Gasteiger charge is 2.37. The van der Waals surface area contributed by atoms with Gasteiger partial charge in [0.05, 0.1) is 11.5 Å². The molecule has 1 saturated heterocycles. The number of rotatable bonds is 3. The van der Waals surface area contributed by atoms with Crippen LogP contribution in [0.4, 0.5) is 24.9 Å². The number of pyridine rings is 1. The molecule has 2 aromatic rings. The second kappa shape index (κ2) is 7.40. The summed E-state index contributed by atoms with van der Waals surface area (Å²) in [5.41, 5.74) is -0.775. The van der Waals surface area contributed by atoms with Crippen LogP contribution in [0.15, 0.2) is 18.3 Å². The summed E-state index contributed by atoms with van der Waals surface area (Å²) in [4.78, 5) is 18.2. The summed E-state index contributed by atoms with van der Waals surface area (Å²) < 4.78 is 41.8. The highest BCUT2D eigenvalue weighted by molar-refractivity contribution is 5.91. The molecule has 1 atom stereocenters. The maximum absolute atomic E-state index is 13.3. The van der Waals surface area contributed by atoms with Crippen molar-refractivity contribution < 1.29 is 18.0 Å². The van der Waals surface area contributed by atoms with E-state index in [1.165, 1.54) is 12.3 Å². The summed E-state index contributed by atoms with van der Waals surface area (Å²) >= 11 is 0. The first-order chi connectivity index (χ1) is 13.4. The van der Waals surface area contributed by atoms with Crippen molar-refractivity contribution in [2.45, 2.75) is 44.8 Å². The Morgan fingerprint density at radius 3 is 2.86 bits per heavy atom. The molecule has 10 heteroatoms. The summed E-state index contributed by atoms with van der Waals surface area (Å²) in [7, 11) is 0. The van der Waals surface area contributed by atoms with E-state index in [2.05, 4.69) is 20.5 Å². The first-order valence-electron chi connectivity index (χ1n) is 9.43. The third-order valence-corrected chi connectivity index (χ3v) is 5.28. The van der Waals surface area contributed by atoms with E-state index in [0.717, 1.165) is 37.7 Å². The number of aromatic nitrogens is 4. The van der Waals surface area contributed by atoms with E-state index in [0.29, 0.717) is 25.3 Å². The fourth-order valence-corrected chi connectivity index (χ4v) is 3.87. The van der Waals surface area contributed by atoms with Crippen molar-refractivity contribution in [3.05, 3.63) is 29.7 Å². The molecule has 1 fully saturated rings. The maximum Gasteiger partial charge on any atom is 0.419 e. The molecule has 2 aromatic heterocycles. The zero-order valence-electron chi connectivity index (χ0n) is 15.2. The molecule has 2 aliphatic heterocycles. The zero-order valence-corrected chi connectivity index (χ0v) is 15.2. The Labute approximate surface area is 160 Å². The van der Waals surface area contributed by atoms with E-state index in [4.69, 9.17) is 0 Å². The van der Waals surface area contributed by atoms with E-state index in [1.54, 1.807) is 4.90 Å². The Kier molecular flexibility index (Phi) is 4.94. The van der Waals surface area contributed by atoms with Crippen LogP contribution in [0.5, 0.6) is 0 Å². The van der Waals surface area contributed by atoms with Crippen LogP contribution in [0.25, 0.3) is 0 Å². The largest absolute Gasteiger partial charge is 0.419 e. The Morgan fingerprint density at radius 1 is 1.18 bits per heavy atom. The normalized spacial score (nSPS) is 20.0. The number of halogens is 3. The monoisotopic (exact) mass is 394 g/mol. The van der Waals surface area contributed by atoms with Crippen LogP contribution >= 0.6 is 0 Å². The lowest BCUT2D eigenvalue weighted by Crippen LogP contribution is -2.42. The van der Waals surface area contributed by atoms with Crippen molar-refractivity contribution in [2.24, 2.45) is 5.92 Å². The van der Waals surface area contributed by atoms with Gasteiger partial charge in [0, 0.05) is 32.3 Å². The third-order valence-electron chi connectivity index (χ3n) is 5.28. The van der Waals surface area contributed by atoms with Gasteiger partial charge in [-0.3, -0.25) is 14.7 Å². The number of carbonyl (C=O) groups excluding carboxylic acids is 1. The van der Waals surface area contributed by atoms with Gasteiger partial charge in [0.2, 0.25) is 11.9 Å². The van der Waals surface area contributed by atoms with Crippen LogP contribution in [0.3, 0.4) is 0 Å². The smallest absolute Gasteiger partial charge is 0.355 e. The number of anilines is 2. The molecule has 0 bridgehead atoms. The molecule has 0 saturated carbocycles. The van der Waals surface area contributed by atoms with Gasteiger partial charge in [0.1, 0.15) is 11.6 Å². The van der Waals surface area contributed by atoms with Crippen molar-refractivity contribution in [1.29, 1.82) is 0 Å². The number of aryl methyl sites for hydroxylation is 1. The summed E-state index contributed by atoms with van der Waals surface area (Å²) in [6, 6.07) is 2.30. The van der Waals surface area contributed by atoms with Crippen molar-refractivity contribution in [1.82, 2.24) is 19.7 Å². The number of carbonyl (C=O) groups is 1. The Bertz CT molecular complexity index is 865. The molecular formula is C18H21F3N6O. The summed E-state index contributed by atoms with van der Waals surface area (Å²) in [5, 5.41) is 11.0. The second-order valence-corrected chi connectivity index (χ2v) is 7.20. The molecule has 1 N–H and O–H groups in total. The standard InChI is InChI=1S/C18H21F3N6O/c19-18(20,21)13-6-3-8-22-15(13)26-9-4-5-12(11-26)16(28)23-17-25-24-14-7-1-2-10-27(14)17/h3,6,8,12H,1-2,4-5,7,9-11H2,(H,23,25,28). The SMILES string of the molecule is O=C(Nc1nnc2n1CCCC2)C1CCCN(c2ncccc2C(F)(F)F)C1. The highest BCUT2D eigenvalue weighted by Crippen LogP contribution is 2.36. The van der Waals surface area contributed by atoms with Gasteiger partial charge in [-0.25, -0.2) is 4.98 Å². The number of amides is 1. The quantitative estimate of drug-likeness (QED) is 0.866. The number of fused-ring (bicyclic) bond motifs is 1. The Balaban J connectivity index is 1.49. The predicted molar refractivity (Wildman–Crippen MR) is 95.8 cm³/mol. The van der Waals surface area contributed by atoms with Crippen LogP contribution < -0.4 is 10.2 Å². The van der Waals surface area contributed by atoms with E-state index in [-0.39, 0.29) is 18.3 Å². The van der Waals surface area contributed by atoms with Gasteiger partial charge in [0.15, 0.2) is 0 Å². The number of piperidine rings is 1. The molecule has 0 aliphatic carbocycles. The minimum Gasteiger partial charge on any atom is -0.355 e. The van der Waals surface area contributed by atoms with E-state index >= 15 is 0 Å². The number of nitrogens with one attached hydrogen (secondary N) is 1. The van der Waals surface area contributed by atoms with Crippen molar-refractivity contribution in [3.63, 3.8) is 0 Å². The van der Waals surface area contributed by atoms with E-state index in [1.807, 2.05) is 4.57 Å². The van der Waals surface area contributed by atoms with Gasteiger partial charge < -0.3 is 4.90 Å². The van der Waals surface area contributed by atoms with Crippen molar-refractivity contribution in [3.8, 4) is 0 Å². The van der Waals surface area contributed by atoms with E-state index in [9.17, 15) is 18.0 Å². The van der Waals surface area contributed by atoms with Gasteiger partial charge in [-0.1, -0.05) is 0 Å². The van der Waals surface area contributed by atoms with E-state index < -0.39 is 17.7 Å². The molecule has 0 radical (unpaired) electrons. The van der Waals surface area contributed by atoms with Crippen LogP contribution in [0.1, 0.15) is 37.1 Å². The lowest BCUT2D eigenvalue weighted by molar-refractivity contribution is -0.137. The molecule has 150 valence electrons. The van der Waals surface area contributed by atoms with Gasteiger partial charge in [-0.05, 0) is 37.8 Å². The van der Waals surface area contributed by atoms with Gasteiger partial charge in [-0.15, -0.1) is 10.2 Å². The molecule has 0 spiro atoms. The number of hydrogen-bond donors (Lipinski definition) is 1. The third kappa shape index (κ3) is 3.67. The van der Waals surface area contributed by atoms with Gasteiger partial charge in [0.25, 0.3) is 0 Å². The summed E-state index contributed by atoms with van der Waals surface area (Å²) in [5.74, 6) is 0.483. The maximum atomic E-state index is 13.3. The van der Waals surface area contributed by atoms with Crippen molar-refractivity contribution >= 4 is 17.7 Å². The first-order valence-corrected chi connectivity index (χ1v) is 9.43. The predicted octanol–water partition coefficient (Wildman–Crippen LogP) is 2.88. The molecule has 4 heterocycles. The van der Waals surface area contributed by atoms with Gasteiger partial charge >= 0.3 is 6.18 Å². The minimum atomic E-state index is -4.49. The molecule has 0 aromatic carbocycles. The minimum absolute atomic E-state index is 0.118. The average Bonchev–Trinajstić information content (AvgIpc) is 3.10. The van der Waals surface area contributed by atoms with Gasteiger partial charge in [-0.2, -0.15) is 13.2 Å². The zero-order chi connectivity index (χ0) is 19.7. The first kappa shape index (κ1) is 18.7. The Morgan fingerprint density at radius 2 is 2.04 bits per heavy atom. The molecule has 2 aliphatic rings. The number of nitrogens with zero attached hydrogens (tertiary/aromatic N) is 5. The topological polar surface area (TPSA) is 75.9 Å². The highest BCUT2D eigenvalue weighted by atomic mass is 19.4. The molecule has 1 unspecified atom stereocenters. The number of alkyl halides is 3. The molecular weight excluding hydrogens is 373 g/mol. The lowest BCUT2D eigenvalue weighted by atomic mass is 9.96. The summed E-state index contributed by atoms with van der Waals surface area (Å²) in [6.07, 6.45) is 0.970. The summed E-state index contributed by atoms with van der Waals surface area (Å²) in [6.45, 7) is 1.38. The fourth-order valence-electron chi connectivity index (χ4n) is 3.87. The molecule has 1 amide bonds. The molecule has 4 rings (SSSR count). The van der Waals surface area contributed by atoms with Crippen LogP contribution in [-0.4, -0.2) is 38.7 Å². The average molecular weight is 394 g/mol. The van der Waals surface area contributed by atoms with Crippen LogP contribution in [0.2, 0.25) is 0 Å². The fraction of sp³-hybridized carbons (Fsp3) is 0.556. The Hall–Kier alpha value is -2.65.